The highest BCUT2D eigenvalue weighted by molar-refractivity contribution is 5.87. The Morgan fingerprint density at radius 2 is 2.44 bits per heavy atom. The van der Waals surface area contributed by atoms with E-state index < -0.39 is 5.97 Å². The zero-order valence-electron chi connectivity index (χ0n) is 10.6. The number of carbonyl (C=O) groups excluding carboxylic acids is 1. The third-order valence-electron chi connectivity index (χ3n) is 3.03. The summed E-state index contributed by atoms with van der Waals surface area (Å²) in [6, 6.07) is 0.642. The maximum absolute atomic E-state index is 11.4. The first kappa shape index (κ1) is 12.9. The predicted molar refractivity (Wildman–Crippen MR) is 64.5 cm³/mol. The normalized spacial score (nSPS) is 23.0. The number of anilines is 1. The van der Waals surface area contributed by atoms with Crippen molar-refractivity contribution in [2.45, 2.75) is 38.3 Å². The van der Waals surface area contributed by atoms with Gasteiger partial charge in [0, 0.05) is 13.2 Å². The second-order valence-corrected chi connectivity index (χ2v) is 4.27. The Morgan fingerprint density at radius 1 is 1.61 bits per heavy atom. The van der Waals surface area contributed by atoms with Crippen LogP contribution in [-0.2, 0) is 9.47 Å². The van der Waals surface area contributed by atoms with Crippen LogP contribution in [-0.4, -0.2) is 36.8 Å². The fourth-order valence-corrected chi connectivity index (χ4v) is 2.10. The first-order valence-electron chi connectivity index (χ1n) is 6.15. The van der Waals surface area contributed by atoms with Gasteiger partial charge >= 0.3 is 5.97 Å². The van der Waals surface area contributed by atoms with Gasteiger partial charge in [0.05, 0.1) is 12.7 Å². The quantitative estimate of drug-likeness (QED) is 0.808. The van der Waals surface area contributed by atoms with E-state index in [1.165, 1.54) is 6.26 Å². The number of ether oxygens (including phenoxy) is 2. The van der Waals surface area contributed by atoms with E-state index in [4.69, 9.17) is 13.9 Å². The maximum Gasteiger partial charge on any atom is 0.360 e. The van der Waals surface area contributed by atoms with E-state index in [2.05, 4.69) is 10.3 Å². The summed E-state index contributed by atoms with van der Waals surface area (Å²) in [5.41, 5.74) is 0.195. The van der Waals surface area contributed by atoms with Gasteiger partial charge < -0.3 is 19.2 Å². The Labute approximate surface area is 106 Å². The molecule has 0 saturated heterocycles. The minimum atomic E-state index is -0.463. The molecular weight excluding hydrogens is 236 g/mol. The average molecular weight is 254 g/mol. The Kier molecular flexibility index (Phi) is 4.19. The third kappa shape index (κ3) is 3.01. The lowest BCUT2D eigenvalue weighted by molar-refractivity contribution is 0.0519. The molecule has 6 heteroatoms. The summed E-state index contributed by atoms with van der Waals surface area (Å²) in [6.45, 7) is 2.08. The first-order chi connectivity index (χ1) is 8.72. The van der Waals surface area contributed by atoms with Crippen LogP contribution in [0.1, 0.15) is 36.7 Å². The Hall–Kier alpha value is -1.56. The number of rotatable bonds is 5. The van der Waals surface area contributed by atoms with Crippen molar-refractivity contribution in [3.63, 3.8) is 0 Å². The van der Waals surface area contributed by atoms with Crippen molar-refractivity contribution in [1.29, 1.82) is 0 Å². The molecule has 100 valence electrons. The number of methoxy groups -OCH3 is 1. The topological polar surface area (TPSA) is 73.6 Å². The molecule has 0 amide bonds. The van der Waals surface area contributed by atoms with Gasteiger partial charge in [0.2, 0.25) is 0 Å². The average Bonchev–Trinajstić information content (AvgIpc) is 2.99. The highest BCUT2D eigenvalue weighted by Gasteiger charge is 2.25. The van der Waals surface area contributed by atoms with E-state index in [1.807, 2.05) is 0 Å². The number of hydrogen-bond acceptors (Lipinski definition) is 6. The van der Waals surface area contributed by atoms with Crippen LogP contribution in [0.3, 0.4) is 0 Å². The van der Waals surface area contributed by atoms with Gasteiger partial charge in [-0.2, -0.15) is 4.98 Å². The molecule has 2 unspecified atom stereocenters. The van der Waals surface area contributed by atoms with Crippen LogP contribution in [0.15, 0.2) is 10.7 Å². The molecule has 0 radical (unpaired) electrons. The van der Waals surface area contributed by atoms with Crippen molar-refractivity contribution < 1.29 is 18.7 Å². The number of esters is 1. The predicted octanol–water partition coefficient (Wildman–Crippen LogP) is 1.83. The highest BCUT2D eigenvalue weighted by Crippen LogP contribution is 2.24. The zero-order valence-corrected chi connectivity index (χ0v) is 10.6. The molecule has 6 nitrogen and oxygen atoms in total. The van der Waals surface area contributed by atoms with Gasteiger partial charge in [-0.25, -0.2) is 4.79 Å². The maximum atomic E-state index is 11.4. The molecule has 1 saturated carbocycles. The lowest BCUT2D eigenvalue weighted by Gasteiger charge is -2.10. The number of hydrogen-bond donors (Lipinski definition) is 1. The summed E-state index contributed by atoms with van der Waals surface area (Å²) in [6.07, 6.45) is 4.56. The molecule has 0 spiro atoms. The van der Waals surface area contributed by atoms with Crippen LogP contribution in [0.5, 0.6) is 0 Å². The van der Waals surface area contributed by atoms with Crippen molar-refractivity contribution in [1.82, 2.24) is 4.98 Å². The summed E-state index contributed by atoms with van der Waals surface area (Å²) in [5, 5.41) is 3.16. The van der Waals surface area contributed by atoms with Crippen molar-refractivity contribution in [3.05, 3.63) is 12.0 Å². The summed E-state index contributed by atoms with van der Waals surface area (Å²) in [4.78, 5) is 15.5. The van der Waals surface area contributed by atoms with Crippen LogP contribution >= 0.6 is 0 Å². The van der Waals surface area contributed by atoms with Gasteiger partial charge in [-0.05, 0) is 26.2 Å². The number of carbonyl (C=O) groups is 1. The largest absolute Gasteiger partial charge is 0.461 e. The molecule has 1 aromatic rings. The Bertz CT molecular complexity index is 405. The number of nitrogens with one attached hydrogen (secondary N) is 1. The molecular formula is C12H18N2O4. The van der Waals surface area contributed by atoms with Gasteiger partial charge in [-0.3, -0.25) is 0 Å². The Morgan fingerprint density at radius 3 is 3.11 bits per heavy atom. The van der Waals surface area contributed by atoms with Crippen molar-refractivity contribution in [2.24, 2.45) is 0 Å². The van der Waals surface area contributed by atoms with Crippen LogP contribution in [0.2, 0.25) is 0 Å². The SMILES string of the molecule is CCOC(=O)c1coc(NC2CCC(OC)C2)n1. The molecule has 1 heterocycles. The molecule has 18 heavy (non-hydrogen) atoms. The smallest absolute Gasteiger partial charge is 0.360 e. The zero-order chi connectivity index (χ0) is 13.0. The molecule has 1 aliphatic rings. The van der Waals surface area contributed by atoms with Gasteiger partial charge in [0.25, 0.3) is 6.01 Å². The van der Waals surface area contributed by atoms with E-state index >= 15 is 0 Å². The number of oxazole rings is 1. The van der Waals surface area contributed by atoms with E-state index in [-0.39, 0.29) is 11.7 Å². The first-order valence-corrected chi connectivity index (χ1v) is 6.15. The fourth-order valence-electron chi connectivity index (χ4n) is 2.10. The summed E-state index contributed by atoms with van der Waals surface area (Å²) in [7, 11) is 1.72. The van der Waals surface area contributed by atoms with Gasteiger partial charge in [0.1, 0.15) is 6.26 Å². The second kappa shape index (κ2) is 5.86. The lowest BCUT2D eigenvalue weighted by Crippen LogP contribution is -2.17. The molecule has 1 N–H and O–H groups in total. The standard InChI is InChI=1S/C12H18N2O4/c1-3-17-11(15)10-7-18-12(14-10)13-8-4-5-9(6-8)16-2/h7-9H,3-6H2,1-2H3,(H,13,14). The van der Waals surface area contributed by atoms with Crippen LogP contribution < -0.4 is 5.32 Å². The molecule has 0 bridgehead atoms. The van der Waals surface area contributed by atoms with Crippen molar-refractivity contribution in [2.75, 3.05) is 19.0 Å². The molecule has 1 aliphatic carbocycles. The van der Waals surface area contributed by atoms with Crippen molar-refractivity contribution in [3.8, 4) is 0 Å². The van der Waals surface area contributed by atoms with Gasteiger partial charge in [-0.15, -0.1) is 0 Å². The number of aromatic nitrogens is 1. The number of nitrogens with zero attached hydrogens (tertiary/aromatic N) is 1. The van der Waals surface area contributed by atoms with Crippen LogP contribution in [0.25, 0.3) is 0 Å². The van der Waals surface area contributed by atoms with E-state index in [1.54, 1.807) is 14.0 Å². The van der Waals surface area contributed by atoms with E-state index in [9.17, 15) is 4.79 Å². The summed E-state index contributed by atoms with van der Waals surface area (Å²) >= 11 is 0. The van der Waals surface area contributed by atoms with Crippen molar-refractivity contribution >= 4 is 12.0 Å². The molecule has 0 aliphatic heterocycles. The molecule has 1 fully saturated rings. The van der Waals surface area contributed by atoms with Gasteiger partial charge in [0.15, 0.2) is 5.69 Å². The van der Waals surface area contributed by atoms with Crippen LogP contribution in [0.4, 0.5) is 6.01 Å². The second-order valence-electron chi connectivity index (χ2n) is 4.27. The molecule has 2 rings (SSSR count). The van der Waals surface area contributed by atoms with Crippen LogP contribution in [0, 0.1) is 0 Å². The minimum Gasteiger partial charge on any atom is -0.461 e. The monoisotopic (exact) mass is 254 g/mol. The van der Waals surface area contributed by atoms with Gasteiger partial charge in [-0.1, -0.05) is 0 Å². The summed E-state index contributed by atoms with van der Waals surface area (Å²) in [5.74, 6) is -0.463. The van der Waals surface area contributed by atoms with E-state index in [0.29, 0.717) is 18.7 Å². The Balaban J connectivity index is 1.89. The molecule has 0 aromatic carbocycles. The molecule has 1 aromatic heterocycles. The fraction of sp³-hybridized carbons (Fsp3) is 0.667. The third-order valence-corrected chi connectivity index (χ3v) is 3.03. The lowest BCUT2D eigenvalue weighted by atomic mass is 10.2. The minimum absolute atomic E-state index is 0.195. The highest BCUT2D eigenvalue weighted by atomic mass is 16.5. The summed E-state index contributed by atoms with van der Waals surface area (Å²) < 4.78 is 15.3. The van der Waals surface area contributed by atoms with E-state index in [0.717, 1.165) is 19.3 Å². The molecule has 2 atom stereocenters.